The highest BCUT2D eigenvalue weighted by molar-refractivity contribution is 7.90. The molecule has 2 heterocycles. The van der Waals surface area contributed by atoms with E-state index in [9.17, 15) is 30.8 Å². The van der Waals surface area contributed by atoms with Crippen molar-refractivity contribution >= 4 is 20.9 Å². The number of sulfone groups is 1. The maximum atomic E-state index is 14.5. The van der Waals surface area contributed by atoms with Crippen molar-refractivity contribution in [2.45, 2.75) is 5.16 Å². The van der Waals surface area contributed by atoms with Crippen LogP contribution in [-0.2, 0) is 9.84 Å². The minimum Gasteiger partial charge on any atom is -0.269 e. The van der Waals surface area contributed by atoms with Crippen molar-refractivity contribution in [2.24, 2.45) is 0 Å². The summed E-state index contributed by atoms with van der Waals surface area (Å²) in [5.74, 6) is -4.80. The fourth-order valence-electron chi connectivity index (χ4n) is 3.08. The van der Waals surface area contributed by atoms with E-state index < -0.39 is 55.2 Å². The van der Waals surface area contributed by atoms with Crippen molar-refractivity contribution in [2.75, 3.05) is 6.26 Å². The maximum Gasteiger partial charge on any atom is 0.256 e. The largest absolute Gasteiger partial charge is 0.269 e. The van der Waals surface area contributed by atoms with Crippen LogP contribution in [0.1, 0.15) is 0 Å². The summed E-state index contributed by atoms with van der Waals surface area (Å²) < 4.78 is 81.5. The van der Waals surface area contributed by atoms with Crippen molar-refractivity contribution in [3.63, 3.8) is 0 Å². The van der Waals surface area contributed by atoms with Crippen LogP contribution in [0.25, 0.3) is 28.0 Å². The van der Waals surface area contributed by atoms with Crippen LogP contribution >= 0.6 is 0 Å². The molecule has 4 aromatic rings. The Hall–Kier alpha value is -3.60. The Morgan fingerprint density at radius 1 is 0.871 bits per heavy atom. The minimum absolute atomic E-state index is 0.0553. The molecule has 0 N–H and O–H groups in total. The second-order valence-electron chi connectivity index (χ2n) is 6.57. The third-order valence-electron chi connectivity index (χ3n) is 4.40. The minimum atomic E-state index is -4.08. The standard InChI is InChI=1S/C20H11F4N3O3S/c1-31(29,30)20-25-17(11-4-2-3-5-13(11)22)12-6-7-16(28)27(19(12)26-20)18-14(23)8-10(21)9-15(18)24/h2-9H,1H3. The molecule has 2 aromatic carbocycles. The van der Waals surface area contributed by atoms with Gasteiger partial charge in [0.25, 0.3) is 5.56 Å². The second-order valence-corrected chi connectivity index (χ2v) is 8.48. The molecule has 0 saturated carbocycles. The van der Waals surface area contributed by atoms with Crippen LogP contribution in [0.15, 0.2) is 58.5 Å². The van der Waals surface area contributed by atoms with Crippen LogP contribution in [0.3, 0.4) is 0 Å². The summed E-state index contributed by atoms with van der Waals surface area (Å²) in [7, 11) is -4.08. The predicted molar refractivity (Wildman–Crippen MR) is 104 cm³/mol. The van der Waals surface area contributed by atoms with Gasteiger partial charge in [-0.1, -0.05) is 12.1 Å². The number of pyridine rings is 1. The molecule has 0 unspecified atom stereocenters. The zero-order valence-corrected chi connectivity index (χ0v) is 16.4. The first-order valence-electron chi connectivity index (χ1n) is 8.61. The van der Waals surface area contributed by atoms with Gasteiger partial charge in [0.15, 0.2) is 17.3 Å². The molecule has 4 rings (SSSR count). The Bertz CT molecular complexity index is 1510. The average molecular weight is 449 g/mol. The van der Waals surface area contributed by atoms with Crippen LogP contribution in [0, 0.1) is 23.3 Å². The molecule has 0 aliphatic heterocycles. The van der Waals surface area contributed by atoms with Crippen LogP contribution in [0.4, 0.5) is 17.6 Å². The zero-order chi connectivity index (χ0) is 22.5. The fourth-order valence-corrected chi connectivity index (χ4v) is 3.59. The van der Waals surface area contributed by atoms with E-state index >= 15 is 0 Å². The van der Waals surface area contributed by atoms with E-state index in [0.29, 0.717) is 16.7 Å². The number of benzene rings is 2. The van der Waals surface area contributed by atoms with E-state index in [2.05, 4.69) is 9.97 Å². The van der Waals surface area contributed by atoms with Crippen molar-refractivity contribution in [1.29, 1.82) is 0 Å². The Morgan fingerprint density at radius 3 is 2.13 bits per heavy atom. The number of fused-ring (bicyclic) bond motifs is 1. The molecule has 0 aliphatic rings. The Morgan fingerprint density at radius 2 is 1.52 bits per heavy atom. The number of nitrogens with zero attached hydrogens (tertiary/aromatic N) is 3. The van der Waals surface area contributed by atoms with Gasteiger partial charge >= 0.3 is 0 Å². The fraction of sp³-hybridized carbons (Fsp3) is 0.0500. The summed E-state index contributed by atoms with van der Waals surface area (Å²) in [5, 5.41) is -0.847. The first kappa shape index (κ1) is 20.7. The molecule has 31 heavy (non-hydrogen) atoms. The summed E-state index contributed by atoms with van der Waals surface area (Å²) in [6.07, 6.45) is 0.781. The van der Waals surface area contributed by atoms with E-state index in [1.54, 1.807) is 0 Å². The van der Waals surface area contributed by atoms with Gasteiger partial charge in [-0.25, -0.2) is 31.0 Å². The first-order valence-corrected chi connectivity index (χ1v) is 10.5. The quantitative estimate of drug-likeness (QED) is 0.354. The van der Waals surface area contributed by atoms with Crippen LogP contribution in [-0.4, -0.2) is 29.2 Å². The van der Waals surface area contributed by atoms with Gasteiger partial charge in [-0.05, 0) is 18.2 Å². The smallest absolute Gasteiger partial charge is 0.256 e. The normalized spacial score (nSPS) is 11.8. The Kier molecular flexibility index (Phi) is 4.85. The Balaban J connectivity index is 2.23. The number of rotatable bonds is 3. The van der Waals surface area contributed by atoms with Gasteiger partial charge in [-0.2, -0.15) is 4.98 Å². The number of hydrogen-bond donors (Lipinski definition) is 0. The second kappa shape index (κ2) is 7.27. The predicted octanol–water partition coefficient (Wildman–Crippen LogP) is 3.41. The lowest BCUT2D eigenvalue weighted by Crippen LogP contribution is -2.22. The van der Waals surface area contributed by atoms with E-state index in [1.807, 2.05) is 0 Å². The topological polar surface area (TPSA) is 81.9 Å². The zero-order valence-electron chi connectivity index (χ0n) is 15.6. The summed E-state index contributed by atoms with van der Waals surface area (Å²) in [6.45, 7) is 0. The number of aromatic nitrogens is 3. The van der Waals surface area contributed by atoms with E-state index in [1.165, 1.54) is 24.3 Å². The molecule has 0 amide bonds. The van der Waals surface area contributed by atoms with Crippen LogP contribution in [0.2, 0.25) is 0 Å². The molecule has 0 atom stereocenters. The van der Waals surface area contributed by atoms with E-state index in [4.69, 9.17) is 0 Å². The van der Waals surface area contributed by atoms with Crippen LogP contribution in [0.5, 0.6) is 0 Å². The SMILES string of the molecule is CS(=O)(=O)c1nc(-c2ccccc2F)c2ccc(=O)n(-c3c(F)cc(F)cc3F)c2n1. The molecule has 0 radical (unpaired) electrons. The highest BCUT2D eigenvalue weighted by Crippen LogP contribution is 2.30. The molecular formula is C20H11F4N3O3S. The monoisotopic (exact) mass is 449 g/mol. The van der Waals surface area contributed by atoms with Gasteiger partial charge in [-0.15, -0.1) is 0 Å². The summed E-state index contributed by atoms with van der Waals surface area (Å²) in [4.78, 5) is 20.3. The highest BCUT2D eigenvalue weighted by Gasteiger charge is 2.23. The van der Waals surface area contributed by atoms with Crippen molar-refractivity contribution < 1.29 is 26.0 Å². The van der Waals surface area contributed by atoms with Gasteiger partial charge in [0.2, 0.25) is 15.0 Å². The third-order valence-corrected chi connectivity index (χ3v) is 5.24. The van der Waals surface area contributed by atoms with Gasteiger partial charge in [0.1, 0.15) is 17.3 Å². The van der Waals surface area contributed by atoms with Gasteiger partial charge in [0, 0.05) is 35.4 Å². The van der Waals surface area contributed by atoms with Crippen molar-refractivity contribution in [3.8, 4) is 16.9 Å². The molecule has 11 heteroatoms. The summed E-state index contributed by atoms with van der Waals surface area (Å²) >= 11 is 0. The summed E-state index contributed by atoms with van der Waals surface area (Å²) in [5.41, 5.74) is -2.76. The molecule has 6 nitrogen and oxygen atoms in total. The van der Waals surface area contributed by atoms with Gasteiger partial charge < -0.3 is 0 Å². The maximum absolute atomic E-state index is 14.5. The van der Waals surface area contributed by atoms with E-state index in [-0.39, 0.29) is 16.6 Å². The lowest BCUT2D eigenvalue weighted by molar-refractivity contribution is 0.533. The molecular weight excluding hydrogens is 438 g/mol. The molecule has 0 saturated heterocycles. The average Bonchev–Trinajstić information content (AvgIpc) is 2.67. The van der Waals surface area contributed by atoms with Gasteiger partial charge in [0.05, 0.1) is 5.69 Å². The number of hydrogen-bond acceptors (Lipinski definition) is 5. The third kappa shape index (κ3) is 3.56. The first-order chi connectivity index (χ1) is 14.6. The lowest BCUT2D eigenvalue weighted by Gasteiger charge is -2.14. The van der Waals surface area contributed by atoms with Crippen LogP contribution < -0.4 is 5.56 Å². The lowest BCUT2D eigenvalue weighted by atomic mass is 10.1. The molecule has 2 aromatic heterocycles. The highest BCUT2D eigenvalue weighted by atomic mass is 32.2. The van der Waals surface area contributed by atoms with Gasteiger partial charge in [-0.3, -0.25) is 9.36 Å². The van der Waals surface area contributed by atoms with Crippen molar-refractivity contribution in [1.82, 2.24) is 14.5 Å². The van der Waals surface area contributed by atoms with Crippen molar-refractivity contribution in [3.05, 3.63) is 82.2 Å². The molecule has 0 fully saturated rings. The van der Waals surface area contributed by atoms with E-state index in [0.717, 1.165) is 18.4 Å². The Labute approximate surface area is 172 Å². The molecule has 0 bridgehead atoms. The molecule has 0 spiro atoms. The number of halogens is 4. The molecule has 0 aliphatic carbocycles. The summed E-state index contributed by atoms with van der Waals surface area (Å²) in [6, 6.07) is 8.14. The molecule has 158 valence electrons.